The number of rotatable bonds is 6. The van der Waals surface area contributed by atoms with Gasteiger partial charge in [0.05, 0.1) is 13.2 Å². The van der Waals surface area contributed by atoms with Crippen LogP contribution in [0.25, 0.3) is 0 Å². The minimum absolute atomic E-state index is 0.148. The van der Waals surface area contributed by atoms with Crippen LogP contribution in [0.5, 0.6) is 5.75 Å². The maximum Gasteiger partial charge on any atom is 0.280 e. The van der Waals surface area contributed by atoms with Crippen molar-refractivity contribution in [3.8, 4) is 5.75 Å². The van der Waals surface area contributed by atoms with Gasteiger partial charge in [-0.25, -0.2) is 0 Å². The molecule has 1 saturated heterocycles. The van der Waals surface area contributed by atoms with Gasteiger partial charge in [0.25, 0.3) is 10.2 Å². The first-order valence-corrected chi connectivity index (χ1v) is 9.53. The van der Waals surface area contributed by atoms with Crippen molar-refractivity contribution < 1.29 is 13.2 Å². The smallest absolute Gasteiger partial charge is 0.280 e. The second-order valence-electron chi connectivity index (χ2n) is 6.41. The van der Waals surface area contributed by atoms with Gasteiger partial charge in [0, 0.05) is 26.2 Å². The van der Waals surface area contributed by atoms with Crippen molar-refractivity contribution in [2.45, 2.75) is 18.9 Å². The third-order valence-corrected chi connectivity index (χ3v) is 6.24. The topological polar surface area (TPSA) is 61.9 Å². The van der Waals surface area contributed by atoms with Crippen molar-refractivity contribution in [1.29, 1.82) is 0 Å². The molecule has 0 radical (unpaired) electrons. The maximum absolute atomic E-state index is 12.7. The van der Waals surface area contributed by atoms with Crippen LogP contribution in [0.1, 0.15) is 24.4 Å². The van der Waals surface area contributed by atoms with Gasteiger partial charge in [0.15, 0.2) is 0 Å². The van der Waals surface area contributed by atoms with Gasteiger partial charge in [-0.15, -0.1) is 0 Å². The SMILES string of the molecule is COc1ccc(C(NS(=O)(=O)N2CCN(C)CC2)C2CC2)cc1. The Balaban J connectivity index is 1.73. The zero-order valence-electron chi connectivity index (χ0n) is 13.7. The lowest BCUT2D eigenvalue weighted by Crippen LogP contribution is -2.51. The summed E-state index contributed by atoms with van der Waals surface area (Å²) in [4.78, 5) is 2.15. The number of hydrogen-bond donors (Lipinski definition) is 1. The molecule has 1 atom stereocenters. The van der Waals surface area contributed by atoms with E-state index >= 15 is 0 Å². The van der Waals surface area contributed by atoms with Crippen LogP contribution < -0.4 is 9.46 Å². The second-order valence-corrected chi connectivity index (χ2v) is 8.12. The molecular weight excluding hydrogens is 314 g/mol. The molecule has 7 heteroatoms. The van der Waals surface area contributed by atoms with Gasteiger partial charge in [-0.1, -0.05) is 12.1 Å². The van der Waals surface area contributed by atoms with Crippen LogP contribution in [0, 0.1) is 5.92 Å². The van der Waals surface area contributed by atoms with E-state index in [1.165, 1.54) is 0 Å². The largest absolute Gasteiger partial charge is 0.497 e. The minimum atomic E-state index is -3.45. The van der Waals surface area contributed by atoms with Gasteiger partial charge >= 0.3 is 0 Å². The third-order valence-electron chi connectivity index (χ3n) is 4.65. The highest BCUT2D eigenvalue weighted by Gasteiger charge is 2.37. The molecule has 2 aliphatic rings. The Labute approximate surface area is 138 Å². The van der Waals surface area contributed by atoms with E-state index in [4.69, 9.17) is 4.74 Å². The molecule has 1 unspecified atom stereocenters. The summed E-state index contributed by atoms with van der Waals surface area (Å²) in [7, 11) is 0.195. The molecule has 6 nitrogen and oxygen atoms in total. The summed E-state index contributed by atoms with van der Waals surface area (Å²) in [6.45, 7) is 2.65. The van der Waals surface area contributed by atoms with E-state index in [1.807, 2.05) is 31.3 Å². The highest BCUT2D eigenvalue weighted by molar-refractivity contribution is 7.87. The molecule has 1 saturated carbocycles. The quantitative estimate of drug-likeness (QED) is 0.847. The number of nitrogens with zero attached hydrogens (tertiary/aromatic N) is 2. The number of ether oxygens (including phenoxy) is 1. The van der Waals surface area contributed by atoms with Crippen LogP contribution in [0.4, 0.5) is 0 Å². The van der Waals surface area contributed by atoms with E-state index in [0.29, 0.717) is 19.0 Å². The molecule has 2 fully saturated rings. The van der Waals surface area contributed by atoms with Crippen molar-refractivity contribution in [1.82, 2.24) is 13.9 Å². The molecule has 1 N–H and O–H groups in total. The van der Waals surface area contributed by atoms with Crippen molar-refractivity contribution in [3.05, 3.63) is 29.8 Å². The number of benzene rings is 1. The number of methoxy groups -OCH3 is 1. The highest BCUT2D eigenvalue weighted by Crippen LogP contribution is 2.41. The standard InChI is InChI=1S/C16H25N3O3S/c1-18-9-11-19(12-10-18)23(20,21)17-16(13-3-4-13)14-5-7-15(22-2)8-6-14/h5-8,13,16-17H,3-4,9-12H2,1-2H3. The Hall–Kier alpha value is -1.15. The lowest BCUT2D eigenvalue weighted by atomic mass is 10.0. The summed E-state index contributed by atoms with van der Waals surface area (Å²) in [6.07, 6.45) is 2.14. The van der Waals surface area contributed by atoms with E-state index in [0.717, 1.165) is 37.2 Å². The molecule has 128 valence electrons. The molecule has 23 heavy (non-hydrogen) atoms. The highest BCUT2D eigenvalue weighted by atomic mass is 32.2. The van der Waals surface area contributed by atoms with E-state index in [1.54, 1.807) is 11.4 Å². The van der Waals surface area contributed by atoms with Gasteiger partial charge in [0.2, 0.25) is 0 Å². The third kappa shape index (κ3) is 4.03. The van der Waals surface area contributed by atoms with E-state index in [-0.39, 0.29) is 6.04 Å². The summed E-state index contributed by atoms with van der Waals surface area (Å²) < 4.78 is 35.1. The maximum atomic E-state index is 12.7. The Kier molecular flexibility index (Phi) is 4.91. The van der Waals surface area contributed by atoms with Crippen LogP contribution in [-0.2, 0) is 10.2 Å². The monoisotopic (exact) mass is 339 g/mol. The molecule has 1 aromatic carbocycles. The van der Waals surface area contributed by atoms with Crippen LogP contribution in [0.3, 0.4) is 0 Å². The first-order valence-electron chi connectivity index (χ1n) is 8.09. The first kappa shape index (κ1) is 16.7. The molecule has 1 aromatic rings. The number of likely N-dealkylation sites (N-methyl/N-ethyl adjacent to an activating group) is 1. The fourth-order valence-electron chi connectivity index (χ4n) is 2.94. The Morgan fingerprint density at radius 2 is 1.74 bits per heavy atom. The van der Waals surface area contributed by atoms with Crippen molar-refractivity contribution in [2.75, 3.05) is 40.3 Å². The van der Waals surface area contributed by atoms with Gasteiger partial charge in [0.1, 0.15) is 5.75 Å². The number of hydrogen-bond acceptors (Lipinski definition) is 4. The summed E-state index contributed by atoms with van der Waals surface area (Å²) >= 11 is 0. The number of piperazine rings is 1. The molecular formula is C16H25N3O3S. The predicted octanol–water partition coefficient (Wildman–Crippen LogP) is 1.23. The summed E-state index contributed by atoms with van der Waals surface area (Å²) in [5, 5.41) is 0. The average Bonchev–Trinajstić information content (AvgIpc) is 3.38. The van der Waals surface area contributed by atoms with E-state index in [2.05, 4.69) is 9.62 Å². The molecule has 0 amide bonds. The lowest BCUT2D eigenvalue weighted by molar-refractivity contribution is 0.220. The molecule has 3 rings (SSSR count). The van der Waals surface area contributed by atoms with Gasteiger partial charge in [-0.2, -0.15) is 17.4 Å². The Morgan fingerprint density at radius 3 is 2.26 bits per heavy atom. The fourth-order valence-corrected chi connectivity index (χ4v) is 4.38. The summed E-state index contributed by atoms with van der Waals surface area (Å²) in [5.41, 5.74) is 1.01. The van der Waals surface area contributed by atoms with Crippen LogP contribution >= 0.6 is 0 Å². The molecule has 1 aliphatic heterocycles. The van der Waals surface area contributed by atoms with Crippen LogP contribution in [-0.4, -0.2) is 58.0 Å². The normalized spacial score (nSPS) is 22.0. The Morgan fingerprint density at radius 1 is 1.13 bits per heavy atom. The Bertz CT molecular complexity index is 620. The summed E-state index contributed by atoms with van der Waals surface area (Å²) in [6, 6.07) is 7.53. The van der Waals surface area contributed by atoms with E-state index in [9.17, 15) is 8.42 Å². The number of nitrogens with one attached hydrogen (secondary N) is 1. The van der Waals surface area contributed by atoms with Gasteiger partial charge in [-0.3, -0.25) is 0 Å². The van der Waals surface area contributed by atoms with Crippen molar-refractivity contribution in [3.63, 3.8) is 0 Å². The van der Waals surface area contributed by atoms with E-state index < -0.39 is 10.2 Å². The van der Waals surface area contributed by atoms with Crippen LogP contribution in [0.2, 0.25) is 0 Å². The molecule has 0 aromatic heterocycles. The van der Waals surface area contributed by atoms with Crippen molar-refractivity contribution in [2.24, 2.45) is 5.92 Å². The summed E-state index contributed by atoms with van der Waals surface area (Å²) in [5.74, 6) is 1.18. The fraction of sp³-hybridized carbons (Fsp3) is 0.625. The molecule has 1 heterocycles. The zero-order valence-corrected chi connectivity index (χ0v) is 14.6. The van der Waals surface area contributed by atoms with Crippen molar-refractivity contribution >= 4 is 10.2 Å². The minimum Gasteiger partial charge on any atom is -0.497 e. The van der Waals surface area contributed by atoms with Gasteiger partial charge in [-0.05, 0) is 43.5 Å². The predicted molar refractivity (Wildman–Crippen MR) is 89.6 cm³/mol. The lowest BCUT2D eigenvalue weighted by Gasteiger charge is -2.33. The molecule has 0 bridgehead atoms. The molecule has 0 spiro atoms. The van der Waals surface area contributed by atoms with Crippen LogP contribution in [0.15, 0.2) is 24.3 Å². The van der Waals surface area contributed by atoms with Gasteiger partial charge < -0.3 is 9.64 Å². The zero-order chi connectivity index (χ0) is 16.4. The first-order chi connectivity index (χ1) is 11.0. The average molecular weight is 339 g/mol. The molecule has 1 aliphatic carbocycles. The second kappa shape index (κ2) is 6.76.